The highest BCUT2D eigenvalue weighted by Crippen LogP contribution is 2.11. The molecule has 6 heteroatoms. The van der Waals surface area contributed by atoms with Crippen molar-refractivity contribution in [3.8, 4) is 0 Å². The van der Waals surface area contributed by atoms with E-state index in [4.69, 9.17) is 0 Å². The second-order valence-electron chi connectivity index (χ2n) is 5.59. The Morgan fingerprint density at radius 1 is 1.30 bits per heavy atom. The summed E-state index contributed by atoms with van der Waals surface area (Å²) in [7, 11) is 0. The molecule has 0 radical (unpaired) electrons. The van der Waals surface area contributed by atoms with Crippen molar-refractivity contribution in [1.29, 1.82) is 0 Å². The zero-order valence-electron chi connectivity index (χ0n) is 13.6. The molecule has 1 amide bonds. The van der Waals surface area contributed by atoms with E-state index in [2.05, 4.69) is 50.6 Å². The third-order valence-corrected chi connectivity index (χ3v) is 4.27. The largest absolute Gasteiger partial charge is 0.357 e. The van der Waals surface area contributed by atoms with E-state index in [-0.39, 0.29) is 0 Å². The molecule has 0 aliphatic carbocycles. The Labute approximate surface area is 146 Å². The van der Waals surface area contributed by atoms with E-state index in [0.717, 1.165) is 49.5 Å². The Balaban J connectivity index is 1.75. The molecule has 126 valence electrons. The fourth-order valence-electron chi connectivity index (χ4n) is 2.52. The van der Waals surface area contributed by atoms with E-state index in [9.17, 15) is 4.79 Å². The summed E-state index contributed by atoms with van der Waals surface area (Å²) in [5, 5.41) is 6.58. The van der Waals surface area contributed by atoms with Gasteiger partial charge in [0.05, 0.1) is 6.54 Å². The number of carbonyl (C=O) groups is 1. The quantitative estimate of drug-likeness (QED) is 0.434. The van der Waals surface area contributed by atoms with Gasteiger partial charge in [-0.15, -0.1) is 0 Å². The summed E-state index contributed by atoms with van der Waals surface area (Å²) in [6.07, 6.45) is 2.66. The molecule has 1 aromatic carbocycles. The first-order chi connectivity index (χ1) is 11.2. The van der Waals surface area contributed by atoms with Crippen LogP contribution in [0.4, 0.5) is 0 Å². The molecule has 1 saturated heterocycles. The average molecular weight is 381 g/mol. The van der Waals surface area contributed by atoms with Crippen molar-refractivity contribution in [2.24, 2.45) is 4.99 Å². The molecule has 1 aliphatic rings. The van der Waals surface area contributed by atoms with E-state index >= 15 is 0 Å². The van der Waals surface area contributed by atoms with E-state index in [1.54, 1.807) is 0 Å². The van der Waals surface area contributed by atoms with Gasteiger partial charge in [-0.1, -0.05) is 28.1 Å². The lowest BCUT2D eigenvalue weighted by molar-refractivity contribution is -0.127. The molecule has 0 spiro atoms. The second-order valence-corrected chi connectivity index (χ2v) is 6.50. The number of likely N-dealkylation sites (tertiary alicyclic amines) is 1. The van der Waals surface area contributed by atoms with Gasteiger partial charge >= 0.3 is 0 Å². The van der Waals surface area contributed by atoms with Crippen LogP contribution in [0.3, 0.4) is 0 Å². The van der Waals surface area contributed by atoms with Crippen molar-refractivity contribution in [2.45, 2.75) is 32.7 Å². The van der Waals surface area contributed by atoms with Crippen LogP contribution in [-0.4, -0.2) is 42.9 Å². The summed E-state index contributed by atoms with van der Waals surface area (Å²) in [6.45, 7) is 6.09. The van der Waals surface area contributed by atoms with Crippen LogP contribution in [0.15, 0.2) is 33.7 Å². The zero-order chi connectivity index (χ0) is 16.5. The fourth-order valence-corrected chi connectivity index (χ4v) is 2.78. The van der Waals surface area contributed by atoms with Gasteiger partial charge < -0.3 is 15.5 Å². The first-order valence-electron chi connectivity index (χ1n) is 8.23. The number of aliphatic imine (C=N–C) groups is 1. The summed E-state index contributed by atoms with van der Waals surface area (Å²) in [6, 6.07) is 8.18. The lowest BCUT2D eigenvalue weighted by Crippen LogP contribution is -2.39. The SMILES string of the molecule is CCNC(=NCc1ccc(Br)cc1)NCCCN1CCCC1=O. The summed E-state index contributed by atoms with van der Waals surface area (Å²) in [5.74, 6) is 1.11. The summed E-state index contributed by atoms with van der Waals surface area (Å²) < 4.78 is 1.08. The van der Waals surface area contributed by atoms with Crippen LogP contribution >= 0.6 is 15.9 Å². The minimum absolute atomic E-state index is 0.292. The Kier molecular flexibility index (Phi) is 7.39. The van der Waals surface area contributed by atoms with Crippen LogP contribution in [0.2, 0.25) is 0 Å². The van der Waals surface area contributed by atoms with Crippen molar-refractivity contribution in [2.75, 3.05) is 26.2 Å². The van der Waals surface area contributed by atoms with Gasteiger partial charge in [-0.05, 0) is 37.5 Å². The van der Waals surface area contributed by atoms with E-state index in [0.29, 0.717) is 18.9 Å². The number of hydrogen-bond donors (Lipinski definition) is 2. The number of benzene rings is 1. The second kappa shape index (κ2) is 9.55. The van der Waals surface area contributed by atoms with Gasteiger partial charge in [0.1, 0.15) is 0 Å². The van der Waals surface area contributed by atoms with Gasteiger partial charge in [0.15, 0.2) is 5.96 Å². The number of amides is 1. The van der Waals surface area contributed by atoms with E-state index in [1.807, 2.05) is 17.0 Å². The zero-order valence-corrected chi connectivity index (χ0v) is 15.2. The number of nitrogens with one attached hydrogen (secondary N) is 2. The monoisotopic (exact) mass is 380 g/mol. The maximum absolute atomic E-state index is 11.6. The van der Waals surface area contributed by atoms with Crippen LogP contribution in [0, 0.1) is 0 Å². The van der Waals surface area contributed by atoms with Crippen molar-refractivity contribution in [1.82, 2.24) is 15.5 Å². The van der Waals surface area contributed by atoms with Gasteiger partial charge in [-0.3, -0.25) is 4.79 Å². The number of nitrogens with zero attached hydrogens (tertiary/aromatic N) is 2. The molecule has 0 saturated carbocycles. The highest BCUT2D eigenvalue weighted by atomic mass is 79.9. The summed E-state index contributed by atoms with van der Waals surface area (Å²) in [5.41, 5.74) is 1.17. The molecule has 1 heterocycles. The van der Waals surface area contributed by atoms with Crippen LogP contribution in [0.25, 0.3) is 0 Å². The molecule has 1 aliphatic heterocycles. The Hall–Kier alpha value is -1.56. The topological polar surface area (TPSA) is 56.7 Å². The first-order valence-corrected chi connectivity index (χ1v) is 9.02. The van der Waals surface area contributed by atoms with Crippen LogP contribution < -0.4 is 10.6 Å². The van der Waals surface area contributed by atoms with Gasteiger partial charge in [0.2, 0.25) is 5.91 Å². The number of hydrogen-bond acceptors (Lipinski definition) is 2. The highest BCUT2D eigenvalue weighted by molar-refractivity contribution is 9.10. The molecule has 0 aromatic heterocycles. The van der Waals surface area contributed by atoms with Gasteiger partial charge in [0.25, 0.3) is 0 Å². The van der Waals surface area contributed by atoms with Crippen molar-refractivity contribution >= 4 is 27.8 Å². The van der Waals surface area contributed by atoms with Gasteiger partial charge in [0, 0.05) is 37.1 Å². The molecule has 2 N–H and O–H groups in total. The van der Waals surface area contributed by atoms with Crippen molar-refractivity contribution in [3.63, 3.8) is 0 Å². The smallest absolute Gasteiger partial charge is 0.222 e. The van der Waals surface area contributed by atoms with Gasteiger partial charge in [-0.25, -0.2) is 4.99 Å². The summed E-state index contributed by atoms with van der Waals surface area (Å²) in [4.78, 5) is 18.1. The molecule has 0 atom stereocenters. The third kappa shape index (κ3) is 6.22. The summed E-state index contributed by atoms with van der Waals surface area (Å²) >= 11 is 3.44. The molecule has 0 bridgehead atoms. The van der Waals surface area contributed by atoms with Crippen LogP contribution in [0.5, 0.6) is 0 Å². The first kappa shape index (κ1) is 17.8. The van der Waals surface area contributed by atoms with Crippen LogP contribution in [0.1, 0.15) is 31.7 Å². The molecule has 5 nitrogen and oxygen atoms in total. The lowest BCUT2D eigenvalue weighted by Gasteiger charge is -2.16. The predicted octanol–water partition coefficient (Wildman–Crippen LogP) is 2.52. The molecule has 2 rings (SSSR count). The third-order valence-electron chi connectivity index (χ3n) is 3.75. The molecule has 1 aromatic rings. The fraction of sp³-hybridized carbons (Fsp3) is 0.529. The van der Waals surface area contributed by atoms with Gasteiger partial charge in [-0.2, -0.15) is 0 Å². The Morgan fingerprint density at radius 2 is 2.09 bits per heavy atom. The van der Waals surface area contributed by atoms with Crippen LogP contribution in [-0.2, 0) is 11.3 Å². The Bertz CT molecular complexity index is 530. The molecule has 1 fully saturated rings. The highest BCUT2D eigenvalue weighted by Gasteiger charge is 2.18. The standard InChI is InChI=1S/C17H25BrN4O/c1-2-19-17(21-13-14-6-8-15(18)9-7-14)20-10-4-12-22-11-3-5-16(22)23/h6-9H,2-5,10-13H2,1H3,(H2,19,20,21). The minimum Gasteiger partial charge on any atom is -0.357 e. The maximum Gasteiger partial charge on any atom is 0.222 e. The number of guanidine groups is 1. The minimum atomic E-state index is 0.292. The molecule has 0 unspecified atom stereocenters. The van der Waals surface area contributed by atoms with Crippen molar-refractivity contribution < 1.29 is 4.79 Å². The van der Waals surface area contributed by atoms with E-state index in [1.165, 1.54) is 5.56 Å². The normalized spacial score (nSPS) is 15.1. The van der Waals surface area contributed by atoms with E-state index < -0.39 is 0 Å². The molecule has 23 heavy (non-hydrogen) atoms. The average Bonchev–Trinajstić information content (AvgIpc) is 2.96. The predicted molar refractivity (Wildman–Crippen MR) is 97.4 cm³/mol. The molecular weight excluding hydrogens is 356 g/mol. The number of halogens is 1. The number of carbonyl (C=O) groups excluding carboxylic acids is 1. The Morgan fingerprint density at radius 3 is 2.74 bits per heavy atom. The maximum atomic E-state index is 11.6. The van der Waals surface area contributed by atoms with Crippen molar-refractivity contribution in [3.05, 3.63) is 34.3 Å². The molecular formula is C17H25BrN4O. The lowest BCUT2D eigenvalue weighted by atomic mass is 10.2. The number of rotatable bonds is 7.